The molecule has 0 saturated carbocycles. The number of amides is 2. The second-order valence-corrected chi connectivity index (χ2v) is 11.8. The topological polar surface area (TPSA) is 203 Å². The van der Waals surface area contributed by atoms with E-state index in [-0.39, 0.29) is 28.7 Å². The number of rotatable bonds is 14. The molecule has 2 amide bonds. The number of thiazole rings is 1. The Morgan fingerprint density at radius 2 is 2.10 bits per heavy atom. The molecule has 4 rings (SSSR count). The number of carboxylic acids is 2. The molecule has 0 aliphatic carbocycles. The highest BCUT2D eigenvalue weighted by atomic mass is 32.2. The molecule has 1 saturated heterocycles. The van der Waals surface area contributed by atoms with Crippen LogP contribution in [0.4, 0.5) is 5.13 Å². The van der Waals surface area contributed by atoms with Gasteiger partial charge < -0.3 is 30.9 Å². The van der Waals surface area contributed by atoms with E-state index in [2.05, 4.69) is 20.9 Å². The molecule has 41 heavy (non-hydrogen) atoms. The van der Waals surface area contributed by atoms with Crippen molar-refractivity contribution < 1.29 is 38.9 Å². The summed E-state index contributed by atoms with van der Waals surface area (Å²) in [5.74, 6) is -2.88. The summed E-state index contributed by atoms with van der Waals surface area (Å²) in [6.45, 7) is 0.621. The predicted molar refractivity (Wildman–Crippen MR) is 150 cm³/mol. The minimum absolute atomic E-state index is 0.135. The smallest absolute Gasteiger partial charge is 0.303 e. The van der Waals surface area contributed by atoms with Gasteiger partial charge in [-0.3, -0.25) is 19.3 Å². The number of hydrogen-bond donors (Lipinski definition) is 4. The zero-order valence-electron chi connectivity index (χ0n) is 21.8. The molecular formula is C24H27N7O7S3. The van der Waals surface area contributed by atoms with Crippen LogP contribution in [0.1, 0.15) is 25.0 Å². The van der Waals surface area contributed by atoms with Crippen LogP contribution in [0.5, 0.6) is 0 Å². The molecule has 0 spiro atoms. The SMILES string of the molecule is CO/N=C(\C(=O)N[C@@H]1C(=O)N2C(C(=O)[O-])=C(CSc3cc[n+](NCCCCC(=O)O)cc3)CS[C@H]12)c1csc(N)n1. The van der Waals surface area contributed by atoms with E-state index in [0.717, 1.165) is 27.6 Å². The van der Waals surface area contributed by atoms with Gasteiger partial charge in [0.15, 0.2) is 10.8 Å². The van der Waals surface area contributed by atoms with Gasteiger partial charge in [0, 0.05) is 40.3 Å². The van der Waals surface area contributed by atoms with Gasteiger partial charge in [0.05, 0.1) is 18.2 Å². The van der Waals surface area contributed by atoms with E-state index in [9.17, 15) is 24.3 Å². The minimum atomic E-state index is -1.46. The first-order valence-electron chi connectivity index (χ1n) is 12.3. The van der Waals surface area contributed by atoms with Gasteiger partial charge in [-0.2, -0.15) is 5.43 Å². The van der Waals surface area contributed by atoms with Crippen LogP contribution < -0.4 is 26.3 Å². The molecule has 14 nitrogen and oxygen atoms in total. The van der Waals surface area contributed by atoms with Crippen LogP contribution in [0.3, 0.4) is 0 Å². The lowest BCUT2D eigenvalue weighted by Crippen LogP contribution is -2.71. The fourth-order valence-corrected chi connectivity index (χ4v) is 7.00. The first-order valence-corrected chi connectivity index (χ1v) is 15.2. The van der Waals surface area contributed by atoms with Crippen molar-refractivity contribution in [2.45, 2.75) is 35.6 Å². The summed E-state index contributed by atoms with van der Waals surface area (Å²) >= 11 is 3.88. The first-order chi connectivity index (χ1) is 19.7. The zero-order chi connectivity index (χ0) is 29.5. The highest BCUT2D eigenvalue weighted by molar-refractivity contribution is 8.01. The number of β-lactam (4-membered cyclic amide) rings is 1. The molecule has 17 heteroatoms. The fourth-order valence-electron chi connectivity index (χ4n) is 4.08. The number of nitrogen functional groups attached to an aromatic ring is 1. The monoisotopic (exact) mass is 621 g/mol. The van der Waals surface area contributed by atoms with Gasteiger partial charge in [0.2, 0.25) is 12.4 Å². The van der Waals surface area contributed by atoms with Crippen LogP contribution in [0.25, 0.3) is 0 Å². The van der Waals surface area contributed by atoms with Crippen molar-refractivity contribution in [3.8, 4) is 0 Å². The molecule has 2 aliphatic rings. The number of nitrogens with one attached hydrogen (secondary N) is 2. The summed E-state index contributed by atoms with van der Waals surface area (Å²) in [5, 5.41) is 28.2. The van der Waals surface area contributed by atoms with Gasteiger partial charge in [-0.1, -0.05) is 9.83 Å². The Labute approximate surface area is 247 Å². The summed E-state index contributed by atoms with van der Waals surface area (Å²) < 4.78 is 1.76. The Morgan fingerprint density at radius 3 is 2.73 bits per heavy atom. The third-order valence-corrected chi connectivity index (χ3v) is 9.12. The number of carboxylic acid groups (broad SMARTS) is 2. The lowest BCUT2D eigenvalue weighted by Gasteiger charge is -2.50. The van der Waals surface area contributed by atoms with Gasteiger partial charge in [0.25, 0.3) is 11.8 Å². The molecular weight excluding hydrogens is 595 g/mol. The number of oxime groups is 1. The number of unbranched alkanes of at least 4 members (excludes halogenated alkanes) is 1. The van der Waals surface area contributed by atoms with Crippen molar-refractivity contribution in [3.05, 3.63) is 46.9 Å². The highest BCUT2D eigenvalue weighted by Crippen LogP contribution is 2.41. The van der Waals surface area contributed by atoms with Crippen LogP contribution in [-0.4, -0.2) is 81.0 Å². The maximum absolute atomic E-state index is 13.0. The maximum atomic E-state index is 13.0. The van der Waals surface area contributed by atoms with Gasteiger partial charge in [-0.25, -0.2) is 4.98 Å². The van der Waals surface area contributed by atoms with Gasteiger partial charge in [-0.15, -0.1) is 34.9 Å². The van der Waals surface area contributed by atoms with Crippen LogP contribution in [-0.2, 0) is 24.0 Å². The van der Waals surface area contributed by atoms with Crippen LogP contribution in [0.15, 0.2) is 51.2 Å². The number of aliphatic carboxylic acids is 2. The molecule has 0 aromatic carbocycles. The fraction of sp³-hybridized carbons (Fsp3) is 0.375. The Morgan fingerprint density at radius 1 is 1.34 bits per heavy atom. The summed E-state index contributed by atoms with van der Waals surface area (Å²) in [7, 11) is 1.27. The molecule has 0 radical (unpaired) electrons. The molecule has 2 aliphatic heterocycles. The number of pyridine rings is 1. The Balaban J connectivity index is 1.35. The number of nitrogens with two attached hydrogens (primary N) is 1. The van der Waals surface area contributed by atoms with Gasteiger partial charge in [-0.05, 0) is 18.4 Å². The van der Waals surface area contributed by atoms with Crippen molar-refractivity contribution in [1.29, 1.82) is 0 Å². The lowest BCUT2D eigenvalue weighted by atomic mass is 10.0. The van der Waals surface area contributed by atoms with Gasteiger partial charge >= 0.3 is 5.97 Å². The summed E-state index contributed by atoms with van der Waals surface area (Å²) in [6.07, 6.45) is 5.07. The number of thioether (sulfide) groups is 2. The molecule has 0 bridgehead atoms. The van der Waals surface area contributed by atoms with Gasteiger partial charge in [0.1, 0.15) is 24.2 Å². The average molecular weight is 622 g/mol. The number of carbonyl (C=O) groups is 4. The molecule has 1 fully saturated rings. The van der Waals surface area contributed by atoms with Crippen molar-refractivity contribution in [3.63, 3.8) is 0 Å². The average Bonchev–Trinajstić information content (AvgIpc) is 3.38. The Kier molecular flexibility index (Phi) is 10.1. The number of nitrogens with zero attached hydrogens (tertiary/aromatic N) is 4. The Bertz CT molecular complexity index is 1380. The van der Waals surface area contributed by atoms with E-state index in [4.69, 9.17) is 15.7 Å². The highest BCUT2D eigenvalue weighted by Gasteiger charge is 2.53. The molecule has 4 heterocycles. The van der Waals surface area contributed by atoms with Crippen molar-refractivity contribution in [2.75, 3.05) is 36.3 Å². The lowest BCUT2D eigenvalue weighted by molar-refractivity contribution is -0.650. The predicted octanol–water partition coefficient (Wildman–Crippen LogP) is -0.642. The van der Waals surface area contributed by atoms with Crippen LogP contribution in [0, 0.1) is 0 Å². The summed E-state index contributed by atoms with van der Waals surface area (Å²) in [4.78, 5) is 59.4. The minimum Gasteiger partial charge on any atom is -0.543 e. The molecule has 2 aromatic heterocycles. The van der Waals surface area contributed by atoms with Crippen LogP contribution in [0.2, 0.25) is 0 Å². The van der Waals surface area contributed by atoms with Crippen molar-refractivity contribution in [1.82, 2.24) is 15.2 Å². The normalized spacial score (nSPS) is 18.4. The third kappa shape index (κ3) is 7.28. The number of fused-ring (bicyclic) bond motifs is 1. The van der Waals surface area contributed by atoms with E-state index >= 15 is 0 Å². The molecule has 218 valence electrons. The first kappa shape index (κ1) is 30.1. The second kappa shape index (κ2) is 13.7. The standard InChI is InChI=1S/C24H27N7O7S3/c1-38-29-17(15-12-41-24(25)27-15)20(34)28-18-21(35)31-19(23(36)37)13(11-40-22(18)31)10-39-14-5-8-30(9-6-14)26-7-3-2-4-16(32)33/h5-6,8-9,12,18,22,26H,2-4,7,10-11H2,1H3,(H4-,25,27,28,32,33,34,36,37)/b29-17-/t18-,22-/m1/s1. The van der Waals surface area contributed by atoms with Crippen molar-refractivity contribution >= 4 is 69.5 Å². The molecule has 2 aromatic rings. The maximum Gasteiger partial charge on any atom is 0.303 e. The largest absolute Gasteiger partial charge is 0.543 e. The molecule has 2 atom stereocenters. The Hall–Kier alpha value is -3.83. The number of hydrogen-bond acceptors (Lipinski definition) is 13. The second-order valence-electron chi connectivity index (χ2n) is 8.78. The summed E-state index contributed by atoms with van der Waals surface area (Å²) in [6, 6.07) is 2.76. The third-order valence-electron chi connectivity index (χ3n) is 6.01. The van der Waals surface area contributed by atoms with E-state index in [1.807, 2.05) is 24.5 Å². The molecule has 5 N–H and O–H groups in total. The van der Waals surface area contributed by atoms with E-state index in [0.29, 0.717) is 30.0 Å². The van der Waals surface area contributed by atoms with E-state index in [1.54, 1.807) is 4.68 Å². The molecule has 0 unspecified atom stereocenters. The number of aromatic nitrogens is 2. The number of anilines is 1. The van der Waals surface area contributed by atoms with E-state index in [1.165, 1.54) is 36.0 Å². The quantitative estimate of drug-likeness (QED) is 0.0520. The van der Waals surface area contributed by atoms with E-state index < -0.39 is 35.2 Å². The number of carbonyl (C=O) groups excluding carboxylic acids is 3. The summed E-state index contributed by atoms with van der Waals surface area (Å²) in [5.41, 5.74) is 9.21. The zero-order valence-corrected chi connectivity index (χ0v) is 24.2. The van der Waals surface area contributed by atoms with Crippen molar-refractivity contribution in [2.24, 2.45) is 5.16 Å². The van der Waals surface area contributed by atoms with Crippen LogP contribution >= 0.6 is 34.9 Å².